The van der Waals surface area contributed by atoms with Gasteiger partial charge < -0.3 is 19.5 Å². The Kier molecular flexibility index (Phi) is 2.47. The quantitative estimate of drug-likeness (QED) is 0.673. The Labute approximate surface area is 121 Å². The Morgan fingerprint density at radius 1 is 1.52 bits per heavy atom. The number of carbonyl (C=O) groups excluding carboxylic acids is 2. The molecule has 1 aromatic rings. The number of ether oxygens (including phenoxy) is 1. The summed E-state index contributed by atoms with van der Waals surface area (Å²) in [5, 5.41) is 11.3. The molecule has 3 aliphatic rings. The maximum Gasteiger partial charge on any atom is 0.230 e. The van der Waals surface area contributed by atoms with Crippen LogP contribution in [-0.2, 0) is 20.9 Å². The largest absolute Gasteiger partial charge is 0.550 e. The normalized spacial score (nSPS) is 36.3. The van der Waals surface area contributed by atoms with E-state index in [1.165, 1.54) is 0 Å². The first-order valence-corrected chi connectivity index (χ1v) is 6.87. The monoisotopic (exact) mass is 285 g/mol. The van der Waals surface area contributed by atoms with Crippen molar-refractivity contribution in [3.05, 3.63) is 42.2 Å². The molecule has 0 unspecified atom stereocenters. The zero-order valence-corrected chi connectivity index (χ0v) is 11.1. The van der Waals surface area contributed by atoms with E-state index in [0.29, 0.717) is 13.1 Å². The van der Waals surface area contributed by atoms with Crippen molar-refractivity contribution in [1.82, 2.24) is 9.88 Å². The molecule has 108 valence electrons. The number of carbonyl (C=O) groups is 2. The number of hydrogen-bond acceptors (Lipinski definition) is 5. The minimum atomic E-state index is -1.22. The second-order valence-electron chi connectivity index (χ2n) is 5.73. The maximum atomic E-state index is 12.6. The molecule has 0 aliphatic carbocycles. The van der Waals surface area contributed by atoms with Crippen LogP contribution in [0.3, 0.4) is 0 Å². The van der Waals surface area contributed by atoms with Gasteiger partial charge in [-0.25, -0.2) is 0 Å². The molecular weight excluding hydrogens is 272 g/mol. The van der Waals surface area contributed by atoms with Gasteiger partial charge in [0, 0.05) is 18.1 Å². The lowest BCUT2D eigenvalue weighted by molar-refractivity contribution is -0.313. The van der Waals surface area contributed by atoms with E-state index in [9.17, 15) is 14.7 Å². The summed E-state index contributed by atoms with van der Waals surface area (Å²) in [5.74, 6) is -2.98. The van der Waals surface area contributed by atoms with Crippen molar-refractivity contribution in [2.75, 3.05) is 6.54 Å². The van der Waals surface area contributed by atoms with E-state index in [1.54, 1.807) is 17.2 Å². The fourth-order valence-corrected chi connectivity index (χ4v) is 3.67. The van der Waals surface area contributed by atoms with Crippen LogP contribution in [0, 0.1) is 11.8 Å². The van der Waals surface area contributed by atoms with E-state index in [4.69, 9.17) is 4.74 Å². The van der Waals surface area contributed by atoms with E-state index in [-0.39, 0.29) is 5.91 Å². The number of nitrogens with zero attached hydrogens (tertiary/aromatic N) is 2. The molecule has 4 atom stereocenters. The van der Waals surface area contributed by atoms with Gasteiger partial charge in [0.2, 0.25) is 5.91 Å². The molecule has 21 heavy (non-hydrogen) atoms. The van der Waals surface area contributed by atoms with E-state index < -0.39 is 29.5 Å². The standard InChI is InChI=1S/C15H14N2O4/c18-13-12-11(14(19)20)10-4-5-15(12,21-10)8-17(13)7-9-3-1-2-6-16-9/h1-6,10-12H,7-8H2,(H,19,20)/p-1/t10-,11-,12-,15-/m1/s1. The number of fused-ring (bicyclic) bond motifs is 1. The molecular formula is C15H13N2O4-. The van der Waals surface area contributed by atoms with Crippen molar-refractivity contribution in [2.24, 2.45) is 11.8 Å². The topological polar surface area (TPSA) is 82.6 Å². The van der Waals surface area contributed by atoms with Crippen molar-refractivity contribution in [1.29, 1.82) is 0 Å². The third kappa shape index (κ3) is 1.65. The highest BCUT2D eigenvalue weighted by molar-refractivity contribution is 5.90. The Bertz CT molecular complexity index is 644. The first kappa shape index (κ1) is 12.5. The molecule has 1 aromatic heterocycles. The molecule has 2 bridgehead atoms. The molecule has 4 rings (SSSR count). The van der Waals surface area contributed by atoms with Gasteiger partial charge in [-0.1, -0.05) is 18.2 Å². The number of rotatable bonds is 3. The first-order valence-electron chi connectivity index (χ1n) is 6.87. The summed E-state index contributed by atoms with van der Waals surface area (Å²) in [6.07, 6.45) is 4.69. The SMILES string of the molecule is O=C([O-])[C@@H]1[C@H]2C=C[C@]3(CN(Cc4ccccn4)C(=O)[C@@H]13)O2. The molecule has 0 saturated carbocycles. The fraction of sp³-hybridized carbons (Fsp3) is 0.400. The lowest BCUT2D eigenvalue weighted by atomic mass is 9.77. The molecule has 1 spiro atoms. The second kappa shape index (κ2) is 4.14. The number of pyridine rings is 1. The number of aliphatic carboxylic acids is 1. The summed E-state index contributed by atoms with van der Waals surface area (Å²) >= 11 is 0. The summed E-state index contributed by atoms with van der Waals surface area (Å²) in [6.45, 7) is 0.726. The Morgan fingerprint density at radius 3 is 3.10 bits per heavy atom. The zero-order chi connectivity index (χ0) is 14.6. The zero-order valence-electron chi connectivity index (χ0n) is 11.1. The number of aromatic nitrogens is 1. The van der Waals surface area contributed by atoms with Crippen LogP contribution in [0.5, 0.6) is 0 Å². The summed E-state index contributed by atoms with van der Waals surface area (Å²) in [4.78, 5) is 29.7. The molecule has 1 amide bonds. The van der Waals surface area contributed by atoms with Crippen LogP contribution >= 0.6 is 0 Å². The third-order valence-corrected chi connectivity index (χ3v) is 4.53. The van der Waals surface area contributed by atoms with Crippen LogP contribution in [0.15, 0.2) is 36.5 Å². The van der Waals surface area contributed by atoms with Crippen LogP contribution in [-0.4, -0.2) is 40.0 Å². The average molecular weight is 285 g/mol. The smallest absolute Gasteiger partial charge is 0.230 e. The molecule has 6 heteroatoms. The number of carboxylic acid groups (broad SMARTS) is 1. The maximum absolute atomic E-state index is 12.6. The lowest BCUT2D eigenvalue weighted by Crippen LogP contribution is -2.45. The van der Waals surface area contributed by atoms with Crippen LogP contribution in [0.1, 0.15) is 5.69 Å². The van der Waals surface area contributed by atoms with E-state index in [1.807, 2.05) is 24.3 Å². The molecule has 4 heterocycles. The predicted octanol–water partition coefficient (Wildman–Crippen LogP) is -0.887. The minimum absolute atomic E-state index is 0.193. The molecule has 0 N–H and O–H groups in total. The lowest BCUT2D eigenvalue weighted by Gasteiger charge is -2.24. The van der Waals surface area contributed by atoms with Gasteiger partial charge >= 0.3 is 0 Å². The summed E-state index contributed by atoms with van der Waals surface area (Å²) in [6, 6.07) is 5.50. The van der Waals surface area contributed by atoms with Gasteiger partial charge in [0.1, 0.15) is 5.60 Å². The van der Waals surface area contributed by atoms with E-state index >= 15 is 0 Å². The predicted molar refractivity (Wildman–Crippen MR) is 68.4 cm³/mol. The van der Waals surface area contributed by atoms with Gasteiger partial charge in [0.25, 0.3) is 0 Å². The highest BCUT2D eigenvalue weighted by Crippen LogP contribution is 2.51. The Balaban J connectivity index is 1.63. The minimum Gasteiger partial charge on any atom is -0.550 e. The Hall–Kier alpha value is -2.21. The van der Waals surface area contributed by atoms with Crippen LogP contribution in [0.2, 0.25) is 0 Å². The van der Waals surface area contributed by atoms with Crippen LogP contribution in [0.4, 0.5) is 0 Å². The van der Waals surface area contributed by atoms with Gasteiger partial charge in [-0.05, 0) is 12.1 Å². The fourth-order valence-electron chi connectivity index (χ4n) is 3.67. The van der Waals surface area contributed by atoms with Gasteiger partial charge in [-0.2, -0.15) is 0 Å². The van der Waals surface area contributed by atoms with Crippen molar-refractivity contribution in [2.45, 2.75) is 18.2 Å². The van der Waals surface area contributed by atoms with Crippen molar-refractivity contribution < 1.29 is 19.4 Å². The van der Waals surface area contributed by atoms with Crippen molar-refractivity contribution >= 4 is 11.9 Å². The molecule has 3 aliphatic heterocycles. The van der Waals surface area contributed by atoms with Gasteiger partial charge in [-0.3, -0.25) is 9.78 Å². The number of hydrogen-bond donors (Lipinski definition) is 0. The van der Waals surface area contributed by atoms with Gasteiger partial charge in [0.05, 0.1) is 30.8 Å². The Morgan fingerprint density at radius 2 is 2.38 bits per heavy atom. The molecule has 0 radical (unpaired) electrons. The number of amides is 1. The molecule has 2 fully saturated rings. The van der Waals surface area contributed by atoms with Crippen LogP contribution < -0.4 is 5.11 Å². The summed E-state index contributed by atoms with van der Waals surface area (Å²) in [5.41, 5.74) is -0.0351. The molecule has 6 nitrogen and oxygen atoms in total. The number of carboxylic acids is 1. The number of likely N-dealkylation sites (tertiary alicyclic amines) is 1. The first-order chi connectivity index (χ1) is 10.1. The van der Waals surface area contributed by atoms with Crippen LogP contribution in [0.25, 0.3) is 0 Å². The van der Waals surface area contributed by atoms with Gasteiger partial charge in [-0.15, -0.1) is 0 Å². The van der Waals surface area contributed by atoms with E-state index in [2.05, 4.69) is 4.98 Å². The van der Waals surface area contributed by atoms with Crippen molar-refractivity contribution in [3.63, 3.8) is 0 Å². The summed E-state index contributed by atoms with van der Waals surface area (Å²) < 4.78 is 5.78. The summed E-state index contributed by atoms with van der Waals surface area (Å²) in [7, 11) is 0. The molecule has 0 aromatic carbocycles. The second-order valence-corrected chi connectivity index (χ2v) is 5.73. The average Bonchev–Trinajstić information content (AvgIpc) is 3.09. The van der Waals surface area contributed by atoms with Crippen molar-refractivity contribution in [3.8, 4) is 0 Å². The van der Waals surface area contributed by atoms with Gasteiger partial charge in [0.15, 0.2) is 0 Å². The highest BCUT2D eigenvalue weighted by atomic mass is 16.5. The molecule has 2 saturated heterocycles. The highest BCUT2D eigenvalue weighted by Gasteiger charge is 2.65. The third-order valence-electron chi connectivity index (χ3n) is 4.53. The van der Waals surface area contributed by atoms with E-state index in [0.717, 1.165) is 5.69 Å².